The number of unbranched alkanes of at least 4 members (excludes halogenated alkanes) is 1. The second kappa shape index (κ2) is 17.9. The molecule has 3 N–H and O–H groups in total. The van der Waals surface area contributed by atoms with Crippen LogP contribution in [-0.2, 0) is 52.9 Å². The maximum Gasteiger partial charge on any atom is 0.348 e. The fourth-order valence-corrected chi connectivity index (χ4v) is 4.37. The van der Waals surface area contributed by atoms with Crippen molar-refractivity contribution in [1.82, 2.24) is 0 Å². The molecule has 0 saturated carbocycles. The standard InChI is InChI=1S/C31H40N2O13S/c1-7-9-15-33-24-16-22(17-25(47(32,39)40)26(24)46-23-13-11-10-12-14-23)31(38)45-21(6)30(37)44-20(5)29(36)43-19(4)28(35)42-18(3)27(34)41-8-2/h10-14,16-21,33H,7-9,15H2,1-6H3,(H2,32,39,40). The zero-order valence-corrected chi connectivity index (χ0v) is 27.8. The minimum Gasteiger partial charge on any atom is -0.463 e. The fourth-order valence-electron chi connectivity index (χ4n) is 3.67. The molecule has 4 atom stereocenters. The lowest BCUT2D eigenvalue weighted by Gasteiger charge is -2.20. The van der Waals surface area contributed by atoms with E-state index in [2.05, 4.69) is 5.32 Å². The minimum absolute atomic E-state index is 0.0752. The monoisotopic (exact) mass is 680 g/mol. The second-order valence-electron chi connectivity index (χ2n) is 10.1. The average molecular weight is 681 g/mol. The first kappa shape index (κ1) is 38.5. The summed E-state index contributed by atoms with van der Waals surface area (Å²) in [5.41, 5.74) is -0.137. The summed E-state index contributed by atoms with van der Waals surface area (Å²) in [4.78, 5) is 61.5. The third-order valence-electron chi connectivity index (χ3n) is 6.18. The molecule has 15 nitrogen and oxygen atoms in total. The van der Waals surface area contributed by atoms with Gasteiger partial charge in [-0.1, -0.05) is 31.5 Å². The van der Waals surface area contributed by atoms with Crippen molar-refractivity contribution in [2.45, 2.75) is 83.7 Å². The number of carbonyl (C=O) groups is 5. The number of sulfonamides is 1. The van der Waals surface area contributed by atoms with Gasteiger partial charge in [0.1, 0.15) is 10.6 Å². The second-order valence-corrected chi connectivity index (χ2v) is 11.7. The SMILES string of the molecule is CCCCNc1cc(C(=O)OC(C)C(=O)OC(C)C(=O)OC(C)C(=O)OC(C)C(=O)OCC)cc(S(N)(=O)=O)c1Oc1ccccc1. The van der Waals surface area contributed by atoms with Gasteiger partial charge < -0.3 is 33.7 Å². The molecule has 0 spiro atoms. The number of hydrogen-bond donors (Lipinski definition) is 2. The van der Waals surface area contributed by atoms with Crippen LogP contribution in [0.15, 0.2) is 47.4 Å². The predicted molar refractivity (Wildman–Crippen MR) is 166 cm³/mol. The van der Waals surface area contributed by atoms with Gasteiger partial charge >= 0.3 is 29.8 Å². The van der Waals surface area contributed by atoms with Crippen molar-refractivity contribution in [2.24, 2.45) is 5.14 Å². The molecule has 2 rings (SSSR count). The van der Waals surface area contributed by atoms with Crippen molar-refractivity contribution in [3.05, 3.63) is 48.0 Å². The van der Waals surface area contributed by atoms with Crippen molar-refractivity contribution >= 4 is 45.6 Å². The molecule has 258 valence electrons. The number of hydrogen-bond acceptors (Lipinski definition) is 14. The van der Waals surface area contributed by atoms with E-state index in [1.54, 1.807) is 37.3 Å². The topological polar surface area (TPSA) is 213 Å². The molecule has 47 heavy (non-hydrogen) atoms. The maximum absolute atomic E-state index is 13.1. The quantitative estimate of drug-likeness (QED) is 0.139. The number of primary sulfonamides is 1. The van der Waals surface area contributed by atoms with Crippen LogP contribution in [-0.4, -0.2) is 75.8 Å². The summed E-state index contributed by atoms with van der Waals surface area (Å²) in [5, 5.41) is 8.53. The number of benzene rings is 2. The molecular formula is C31H40N2O13S. The third kappa shape index (κ3) is 11.9. The van der Waals surface area contributed by atoms with Gasteiger partial charge in [0.2, 0.25) is 10.0 Å². The van der Waals surface area contributed by atoms with E-state index >= 15 is 0 Å². The summed E-state index contributed by atoms with van der Waals surface area (Å²) in [5.74, 6) is -5.03. The molecule has 4 unspecified atom stereocenters. The maximum atomic E-state index is 13.1. The molecule has 2 aromatic rings. The zero-order valence-electron chi connectivity index (χ0n) is 27.0. The molecule has 0 saturated heterocycles. The van der Waals surface area contributed by atoms with Crippen LogP contribution < -0.4 is 15.2 Å². The Labute approximate surface area is 273 Å². The number of nitrogens with two attached hydrogens (primary N) is 1. The first-order valence-corrected chi connectivity index (χ1v) is 16.3. The summed E-state index contributed by atoms with van der Waals surface area (Å²) in [7, 11) is -4.43. The molecule has 0 heterocycles. The zero-order chi connectivity index (χ0) is 35.3. The lowest BCUT2D eigenvalue weighted by atomic mass is 10.1. The van der Waals surface area contributed by atoms with Crippen LogP contribution in [0.4, 0.5) is 5.69 Å². The Balaban J connectivity index is 2.16. The smallest absolute Gasteiger partial charge is 0.348 e. The van der Waals surface area contributed by atoms with Crippen LogP contribution in [0, 0.1) is 0 Å². The van der Waals surface area contributed by atoms with Crippen LogP contribution in [0.25, 0.3) is 0 Å². The van der Waals surface area contributed by atoms with Gasteiger partial charge in [-0.25, -0.2) is 37.5 Å². The average Bonchev–Trinajstić information content (AvgIpc) is 3.01. The highest BCUT2D eigenvalue weighted by atomic mass is 32.2. The molecule has 0 aliphatic carbocycles. The molecule has 0 aliphatic rings. The van der Waals surface area contributed by atoms with Crippen LogP contribution in [0.5, 0.6) is 11.5 Å². The van der Waals surface area contributed by atoms with Crippen LogP contribution in [0.1, 0.15) is 64.7 Å². The van der Waals surface area contributed by atoms with Gasteiger partial charge in [0.15, 0.2) is 30.2 Å². The van der Waals surface area contributed by atoms with E-state index in [-0.39, 0.29) is 23.6 Å². The number of carbonyl (C=O) groups excluding carboxylic acids is 5. The molecule has 2 aromatic carbocycles. The Hall–Kier alpha value is -4.70. The van der Waals surface area contributed by atoms with E-state index in [0.29, 0.717) is 18.7 Å². The summed E-state index contributed by atoms with van der Waals surface area (Å²) in [6, 6.07) is 10.6. The Kier molecular flexibility index (Phi) is 14.6. The molecule has 0 amide bonds. The van der Waals surface area contributed by atoms with Gasteiger partial charge in [0.25, 0.3) is 0 Å². The minimum atomic E-state index is -4.43. The van der Waals surface area contributed by atoms with Gasteiger partial charge in [-0.15, -0.1) is 0 Å². The van der Waals surface area contributed by atoms with Gasteiger partial charge in [0, 0.05) is 6.54 Å². The van der Waals surface area contributed by atoms with Crippen molar-refractivity contribution < 1.29 is 60.8 Å². The van der Waals surface area contributed by atoms with Gasteiger partial charge in [-0.05, 0) is 65.3 Å². The lowest BCUT2D eigenvalue weighted by molar-refractivity contribution is -0.183. The van der Waals surface area contributed by atoms with Crippen molar-refractivity contribution in [3.8, 4) is 11.5 Å². The molecule has 0 aliphatic heterocycles. The van der Waals surface area contributed by atoms with E-state index in [1.165, 1.54) is 26.8 Å². The van der Waals surface area contributed by atoms with Crippen LogP contribution in [0.3, 0.4) is 0 Å². The highest BCUT2D eigenvalue weighted by Crippen LogP contribution is 2.37. The molecule has 0 radical (unpaired) electrons. The normalized spacial score (nSPS) is 13.6. The van der Waals surface area contributed by atoms with E-state index in [1.807, 2.05) is 6.92 Å². The number of esters is 5. The van der Waals surface area contributed by atoms with Gasteiger partial charge in [-0.3, -0.25) is 0 Å². The summed E-state index contributed by atoms with van der Waals surface area (Å²) >= 11 is 0. The van der Waals surface area contributed by atoms with E-state index < -0.39 is 69.2 Å². The van der Waals surface area contributed by atoms with Crippen molar-refractivity contribution in [3.63, 3.8) is 0 Å². The number of nitrogens with one attached hydrogen (secondary N) is 1. The molecule has 0 aromatic heterocycles. The highest BCUT2D eigenvalue weighted by Gasteiger charge is 2.31. The summed E-state index contributed by atoms with van der Waals surface area (Å²) < 4.78 is 55.9. The lowest BCUT2D eigenvalue weighted by Crippen LogP contribution is -2.37. The Morgan fingerprint density at radius 1 is 0.766 bits per heavy atom. The molecule has 0 fully saturated rings. The Bertz CT molecular complexity index is 1530. The summed E-state index contributed by atoms with van der Waals surface area (Å²) in [6.45, 7) is 8.81. The van der Waals surface area contributed by atoms with E-state index in [4.69, 9.17) is 33.6 Å². The van der Waals surface area contributed by atoms with Gasteiger partial charge in [0.05, 0.1) is 17.9 Å². The molecule has 16 heteroatoms. The number of anilines is 1. The summed E-state index contributed by atoms with van der Waals surface area (Å²) in [6.07, 6.45) is -4.29. The largest absolute Gasteiger partial charge is 0.463 e. The number of ether oxygens (including phenoxy) is 6. The number of para-hydroxylation sites is 1. The fraction of sp³-hybridized carbons (Fsp3) is 0.452. The van der Waals surface area contributed by atoms with Crippen LogP contribution >= 0.6 is 0 Å². The highest BCUT2D eigenvalue weighted by molar-refractivity contribution is 7.89. The van der Waals surface area contributed by atoms with Crippen molar-refractivity contribution in [1.29, 1.82) is 0 Å². The predicted octanol–water partition coefficient (Wildman–Crippen LogP) is 3.24. The van der Waals surface area contributed by atoms with E-state index in [0.717, 1.165) is 19.4 Å². The van der Waals surface area contributed by atoms with E-state index in [9.17, 15) is 32.4 Å². The van der Waals surface area contributed by atoms with Gasteiger partial charge in [-0.2, -0.15) is 0 Å². The first-order valence-electron chi connectivity index (χ1n) is 14.8. The Morgan fingerprint density at radius 2 is 1.28 bits per heavy atom. The Morgan fingerprint density at radius 3 is 1.77 bits per heavy atom. The first-order chi connectivity index (χ1) is 22.1. The number of rotatable bonds is 17. The van der Waals surface area contributed by atoms with Crippen molar-refractivity contribution in [2.75, 3.05) is 18.5 Å². The molecule has 0 bridgehead atoms. The third-order valence-corrected chi connectivity index (χ3v) is 7.10. The molecular weight excluding hydrogens is 640 g/mol. The van der Waals surface area contributed by atoms with Crippen LogP contribution in [0.2, 0.25) is 0 Å².